The van der Waals surface area contributed by atoms with Crippen LogP contribution in [0.5, 0.6) is 0 Å². The summed E-state index contributed by atoms with van der Waals surface area (Å²) in [6.45, 7) is 0. The maximum absolute atomic E-state index is 5.88. The first-order chi connectivity index (χ1) is 6.18. The summed E-state index contributed by atoms with van der Waals surface area (Å²) in [4.78, 5) is 3.82. The fourth-order valence-corrected chi connectivity index (χ4v) is 3.02. The second-order valence-corrected chi connectivity index (χ2v) is 4.92. The molecule has 3 heteroatoms. The molecule has 0 spiro atoms. The standard InChI is InChI=1S/C10H16N2S/c1-12(2)7-3-4-8-9(11)6-13-10(8)5-7/h6-7H,3-5,11H2,1-2H3. The molecule has 1 aromatic rings. The van der Waals surface area contributed by atoms with Crippen molar-refractivity contribution in [3.05, 3.63) is 15.8 Å². The van der Waals surface area contributed by atoms with Crippen LogP contribution in [-0.2, 0) is 12.8 Å². The zero-order valence-electron chi connectivity index (χ0n) is 8.21. The summed E-state index contributed by atoms with van der Waals surface area (Å²) in [6, 6.07) is 0.713. The summed E-state index contributed by atoms with van der Waals surface area (Å²) >= 11 is 1.82. The molecule has 1 aromatic heterocycles. The normalized spacial score (nSPS) is 21.9. The highest BCUT2D eigenvalue weighted by Gasteiger charge is 2.22. The van der Waals surface area contributed by atoms with Gasteiger partial charge in [-0.05, 0) is 38.9 Å². The first kappa shape index (κ1) is 9.03. The van der Waals surface area contributed by atoms with Gasteiger partial charge in [-0.2, -0.15) is 0 Å². The maximum atomic E-state index is 5.88. The van der Waals surface area contributed by atoms with Crippen LogP contribution >= 0.6 is 11.3 Å². The number of fused-ring (bicyclic) bond motifs is 1. The average Bonchev–Trinajstić information content (AvgIpc) is 2.47. The van der Waals surface area contributed by atoms with Gasteiger partial charge in [-0.1, -0.05) is 0 Å². The molecule has 72 valence electrons. The Morgan fingerprint density at radius 2 is 2.31 bits per heavy atom. The molecule has 1 heterocycles. The summed E-state index contributed by atoms with van der Waals surface area (Å²) in [7, 11) is 4.32. The van der Waals surface area contributed by atoms with E-state index in [9.17, 15) is 0 Å². The third-order valence-electron chi connectivity index (χ3n) is 2.89. The van der Waals surface area contributed by atoms with Gasteiger partial charge in [0.2, 0.25) is 0 Å². The van der Waals surface area contributed by atoms with Gasteiger partial charge in [-0.25, -0.2) is 0 Å². The van der Waals surface area contributed by atoms with Crippen LogP contribution in [0, 0.1) is 0 Å². The highest BCUT2D eigenvalue weighted by molar-refractivity contribution is 7.10. The molecule has 0 saturated carbocycles. The lowest BCUT2D eigenvalue weighted by molar-refractivity contribution is 0.270. The van der Waals surface area contributed by atoms with Gasteiger partial charge in [-0.15, -0.1) is 11.3 Å². The van der Waals surface area contributed by atoms with Crippen molar-refractivity contribution >= 4 is 17.0 Å². The largest absolute Gasteiger partial charge is 0.398 e. The average molecular weight is 196 g/mol. The smallest absolute Gasteiger partial charge is 0.0458 e. The van der Waals surface area contributed by atoms with Crippen LogP contribution < -0.4 is 5.73 Å². The third-order valence-corrected chi connectivity index (χ3v) is 3.96. The van der Waals surface area contributed by atoms with Crippen molar-refractivity contribution in [1.29, 1.82) is 0 Å². The predicted molar refractivity (Wildman–Crippen MR) is 58.2 cm³/mol. The zero-order valence-corrected chi connectivity index (χ0v) is 9.03. The molecule has 0 fully saturated rings. The molecular formula is C10H16N2S. The van der Waals surface area contributed by atoms with E-state index >= 15 is 0 Å². The van der Waals surface area contributed by atoms with E-state index in [2.05, 4.69) is 24.4 Å². The van der Waals surface area contributed by atoms with Crippen LogP contribution in [0.25, 0.3) is 0 Å². The number of hydrogen-bond acceptors (Lipinski definition) is 3. The number of thiophene rings is 1. The summed E-state index contributed by atoms with van der Waals surface area (Å²) in [6.07, 6.45) is 3.60. The van der Waals surface area contributed by atoms with Crippen LogP contribution in [0.15, 0.2) is 5.38 Å². The molecule has 0 bridgehead atoms. The van der Waals surface area contributed by atoms with Crippen molar-refractivity contribution in [2.45, 2.75) is 25.3 Å². The summed E-state index contributed by atoms with van der Waals surface area (Å²) in [5, 5.41) is 2.09. The number of nitrogens with two attached hydrogens (primary N) is 1. The second kappa shape index (κ2) is 3.31. The summed E-state index contributed by atoms with van der Waals surface area (Å²) in [5.74, 6) is 0. The van der Waals surface area contributed by atoms with E-state index in [0.717, 1.165) is 12.1 Å². The second-order valence-electron chi connectivity index (χ2n) is 3.95. The van der Waals surface area contributed by atoms with E-state index in [-0.39, 0.29) is 0 Å². The molecule has 1 unspecified atom stereocenters. The van der Waals surface area contributed by atoms with Crippen molar-refractivity contribution in [2.24, 2.45) is 0 Å². The summed E-state index contributed by atoms with van der Waals surface area (Å²) < 4.78 is 0. The van der Waals surface area contributed by atoms with Crippen LogP contribution in [0.4, 0.5) is 5.69 Å². The van der Waals surface area contributed by atoms with Crippen LogP contribution in [0.3, 0.4) is 0 Å². The van der Waals surface area contributed by atoms with Gasteiger partial charge in [0.15, 0.2) is 0 Å². The molecule has 1 atom stereocenters. The topological polar surface area (TPSA) is 29.3 Å². The van der Waals surface area contributed by atoms with E-state index in [0.29, 0.717) is 6.04 Å². The van der Waals surface area contributed by atoms with Gasteiger partial charge in [0.25, 0.3) is 0 Å². The Bertz CT molecular complexity index is 304. The van der Waals surface area contributed by atoms with Crippen molar-refractivity contribution in [1.82, 2.24) is 4.90 Å². The minimum absolute atomic E-state index is 0.713. The van der Waals surface area contributed by atoms with E-state index in [1.54, 1.807) is 0 Å². The van der Waals surface area contributed by atoms with Gasteiger partial charge >= 0.3 is 0 Å². The fraction of sp³-hybridized carbons (Fsp3) is 0.600. The Morgan fingerprint density at radius 1 is 1.54 bits per heavy atom. The SMILES string of the molecule is CN(C)C1CCc2c(N)csc2C1. The van der Waals surface area contributed by atoms with Crippen LogP contribution in [0.1, 0.15) is 16.9 Å². The number of nitrogens with zero attached hydrogens (tertiary/aromatic N) is 1. The lowest BCUT2D eigenvalue weighted by atomic mass is 9.93. The Balaban J connectivity index is 2.21. The van der Waals surface area contributed by atoms with Gasteiger partial charge in [0.05, 0.1) is 0 Å². The quantitative estimate of drug-likeness (QED) is 0.741. The Kier molecular flexibility index (Phi) is 2.30. The van der Waals surface area contributed by atoms with Gasteiger partial charge in [0.1, 0.15) is 0 Å². The van der Waals surface area contributed by atoms with E-state index in [1.165, 1.54) is 23.3 Å². The van der Waals surface area contributed by atoms with E-state index < -0.39 is 0 Å². The highest BCUT2D eigenvalue weighted by Crippen LogP contribution is 2.32. The molecule has 2 nitrogen and oxygen atoms in total. The zero-order chi connectivity index (χ0) is 9.42. The van der Waals surface area contributed by atoms with Gasteiger partial charge in [0, 0.05) is 22.0 Å². The molecule has 0 amide bonds. The molecule has 1 aliphatic carbocycles. The molecule has 0 aromatic carbocycles. The molecule has 1 aliphatic rings. The van der Waals surface area contributed by atoms with Crippen LogP contribution in [0.2, 0.25) is 0 Å². The van der Waals surface area contributed by atoms with Crippen LogP contribution in [-0.4, -0.2) is 25.0 Å². The highest BCUT2D eigenvalue weighted by atomic mass is 32.1. The molecular weight excluding hydrogens is 180 g/mol. The Morgan fingerprint density at radius 3 is 3.00 bits per heavy atom. The minimum Gasteiger partial charge on any atom is -0.398 e. The number of rotatable bonds is 1. The van der Waals surface area contributed by atoms with Gasteiger partial charge < -0.3 is 10.6 Å². The number of nitrogen functional groups attached to an aromatic ring is 1. The van der Waals surface area contributed by atoms with E-state index in [1.807, 2.05) is 11.3 Å². The number of hydrogen-bond donors (Lipinski definition) is 1. The predicted octanol–water partition coefficient (Wildman–Crippen LogP) is 1.75. The fourth-order valence-electron chi connectivity index (χ4n) is 1.96. The monoisotopic (exact) mass is 196 g/mol. The van der Waals surface area contributed by atoms with Crippen molar-refractivity contribution in [3.63, 3.8) is 0 Å². The van der Waals surface area contributed by atoms with Crippen molar-refractivity contribution in [2.75, 3.05) is 19.8 Å². The van der Waals surface area contributed by atoms with E-state index in [4.69, 9.17) is 5.73 Å². The van der Waals surface area contributed by atoms with Gasteiger partial charge in [-0.3, -0.25) is 0 Å². The summed E-state index contributed by atoms with van der Waals surface area (Å²) in [5.41, 5.74) is 8.31. The molecule has 13 heavy (non-hydrogen) atoms. The first-order valence-corrected chi connectivity index (χ1v) is 5.57. The molecule has 2 N–H and O–H groups in total. The lowest BCUT2D eigenvalue weighted by Crippen LogP contribution is -2.32. The number of likely N-dealkylation sites (N-methyl/N-ethyl adjacent to an activating group) is 1. The maximum Gasteiger partial charge on any atom is 0.0458 e. The third kappa shape index (κ3) is 1.58. The Labute approximate surface area is 83.4 Å². The first-order valence-electron chi connectivity index (χ1n) is 4.69. The lowest BCUT2D eigenvalue weighted by Gasteiger charge is -2.28. The molecule has 0 saturated heterocycles. The van der Waals surface area contributed by atoms with Crippen molar-refractivity contribution in [3.8, 4) is 0 Å². The number of anilines is 1. The Hall–Kier alpha value is -0.540. The van der Waals surface area contributed by atoms with Crippen molar-refractivity contribution < 1.29 is 0 Å². The molecule has 0 aliphatic heterocycles. The minimum atomic E-state index is 0.713. The molecule has 2 rings (SSSR count). The molecule has 0 radical (unpaired) electrons.